The molecule has 0 fully saturated rings. The number of nitrogens with two attached hydrogens (primary N) is 1. The molecule has 0 aromatic carbocycles. The lowest BCUT2D eigenvalue weighted by Crippen LogP contribution is -2.32. The van der Waals surface area contributed by atoms with Gasteiger partial charge in [0.15, 0.2) is 0 Å². The third kappa shape index (κ3) is 3.67. The number of anilines is 1. The molecule has 0 aliphatic carbocycles. The van der Waals surface area contributed by atoms with Crippen molar-refractivity contribution in [2.45, 2.75) is 13.3 Å². The predicted molar refractivity (Wildman–Crippen MR) is 69.6 cm³/mol. The fourth-order valence-electron chi connectivity index (χ4n) is 1.46. The molecule has 0 saturated heterocycles. The first-order valence-corrected chi connectivity index (χ1v) is 6.20. The molecule has 17 heavy (non-hydrogen) atoms. The molecular weight excluding hydrogens is 286 g/mol. The van der Waals surface area contributed by atoms with Crippen molar-refractivity contribution in [3.05, 3.63) is 22.3 Å². The van der Waals surface area contributed by atoms with Gasteiger partial charge in [-0.3, -0.25) is 4.79 Å². The van der Waals surface area contributed by atoms with Crippen molar-refractivity contribution in [1.82, 2.24) is 9.88 Å². The number of pyridine rings is 1. The molecule has 1 aromatic rings. The Balaban J connectivity index is 2.89. The van der Waals surface area contributed by atoms with Gasteiger partial charge in [0.1, 0.15) is 5.82 Å². The van der Waals surface area contributed by atoms with E-state index in [1.54, 1.807) is 17.2 Å². The van der Waals surface area contributed by atoms with E-state index >= 15 is 0 Å². The molecule has 0 spiro atoms. The van der Waals surface area contributed by atoms with E-state index < -0.39 is 0 Å². The molecule has 0 saturated carbocycles. The zero-order valence-electron chi connectivity index (χ0n) is 9.69. The molecule has 0 atom stereocenters. The highest BCUT2D eigenvalue weighted by atomic mass is 79.9. The van der Waals surface area contributed by atoms with Gasteiger partial charge >= 0.3 is 0 Å². The monoisotopic (exact) mass is 301 g/mol. The molecule has 5 nitrogen and oxygen atoms in total. The van der Waals surface area contributed by atoms with Crippen LogP contribution in [-0.4, -0.2) is 40.6 Å². The van der Waals surface area contributed by atoms with Gasteiger partial charge < -0.3 is 15.7 Å². The van der Waals surface area contributed by atoms with Gasteiger partial charge in [-0.2, -0.15) is 0 Å². The summed E-state index contributed by atoms with van der Waals surface area (Å²) in [7, 11) is 0. The summed E-state index contributed by atoms with van der Waals surface area (Å²) in [5, 5.41) is 8.78. The number of halogens is 1. The molecular formula is C11H16BrN3O2. The van der Waals surface area contributed by atoms with Crippen LogP contribution in [0.3, 0.4) is 0 Å². The van der Waals surface area contributed by atoms with Gasteiger partial charge in [-0.15, -0.1) is 0 Å². The third-order valence-electron chi connectivity index (χ3n) is 2.37. The Hall–Kier alpha value is -1.14. The largest absolute Gasteiger partial charge is 0.396 e. The highest BCUT2D eigenvalue weighted by molar-refractivity contribution is 9.10. The Morgan fingerprint density at radius 1 is 1.65 bits per heavy atom. The van der Waals surface area contributed by atoms with E-state index in [0.717, 1.165) is 0 Å². The van der Waals surface area contributed by atoms with Crippen LogP contribution < -0.4 is 5.73 Å². The average Bonchev–Trinajstić information content (AvgIpc) is 2.33. The summed E-state index contributed by atoms with van der Waals surface area (Å²) in [5.74, 6) is 0.0629. The van der Waals surface area contributed by atoms with E-state index in [4.69, 9.17) is 10.8 Å². The zero-order valence-corrected chi connectivity index (χ0v) is 11.3. The highest BCUT2D eigenvalue weighted by Crippen LogP contribution is 2.17. The quantitative estimate of drug-likeness (QED) is 0.858. The minimum atomic E-state index is -0.160. The van der Waals surface area contributed by atoms with Crippen LogP contribution >= 0.6 is 15.9 Å². The first-order chi connectivity index (χ1) is 8.10. The molecule has 6 heteroatoms. The van der Waals surface area contributed by atoms with Crippen LogP contribution in [-0.2, 0) is 0 Å². The molecule has 3 N–H and O–H groups in total. The van der Waals surface area contributed by atoms with Crippen molar-refractivity contribution in [1.29, 1.82) is 0 Å². The minimum Gasteiger partial charge on any atom is -0.396 e. The second-order valence-corrected chi connectivity index (χ2v) is 4.46. The van der Waals surface area contributed by atoms with E-state index in [1.165, 1.54) is 0 Å². The Labute approximate surface area is 109 Å². The minimum absolute atomic E-state index is 0.0655. The fourth-order valence-corrected chi connectivity index (χ4v) is 1.79. The summed E-state index contributed by atoms with van der Waals surface area (Å²) in [6.07, 6.45) is 2.11. The standard InChI is InChI=1S/C11H16BrN3O2/c1-2-15(4-3-5-16)11(17)9-6-8(12)7-14-10(9)13/h6-7,16H,2-5H2,1H3,(H2,13,14). The van der Waals surface area contributed by atoms with Crippen molar-refractivity contribution in [2.75, 3.05) is 25.4 Å². The Morgan fingerprint density at radius 3 is 2.94 bits per heavy atom. The maximum absolute atomic E-state index is 12.2. The van der Waals surface area contributed by atoms with Crippen molar-refractivity contribution in [3.63, 3.8) is 0 Å². The first kappa shape index (κ1) is 13.9. The lowest BCUT2D eigenvalue weighted by Gasteiger charge is -2.21. The molecule has 0 aliphatic rings. The van der Waals surface area contributed by atoms with Gasteiger partial charge in [0, 0.05) is 30.4 Å². The number of hydrogen-bond donors (Lipinski definition) is 2. The predicted octanol–water partition coefficient (Wildman–Crippen LogP) is 1.27. The van der Waals surface area contributed by atoms with E-state index in [1.807, 2.05) is 6.92 Å². The van der Waals surface area contributed by atoms with E-state index in [2.05, 4.69) is 20.9 Å². The maximum atomic E-state index is 12.2. The van der Waals surface area contributed by atoms with Crippen molar-refractivity contribution >= 4 is 27.7 Å². The number of rotatable bonds is 5. The van der Waals surface area contributed by atoms with Crippen LogP contribution in [0, 0.1) is 0 Å². The molecule has 1 aromatic heterocycles. The Bertz CT molecular complexity index is 398. The molecule has 1 heterocycles. The van der Waals surface area contributed by atoms with Gasteiger partial charge in [0.25, 0.3) is 5.91 Å². The van der Waals surface area contributed by atoms with Crippen molar-refractivity contribution in [3.8, 4) is 0 Å². The van der Waals surface area contributed by atoms with Gasteiger partial charge in [-0.1, -0.05) is 0 Å². The second kappa shape index (κ2) is 6.56. The lowest BCUT2D eigenvalue weighted by atomic mass is 10.2. The molecule has 0 radical (unpaired) electrons. The number of hydrogen-bond acceptors (Lipinski definition) is 4. The SMILES string of the molecule is CCN(CCCO)C(=O)c1cc(Br)cnc1N. The number of nitrogen functional groups attached to an aromatic ring is 1. The van der Waals surface area contributed by atoms with E-state index in [-0.39, 0.29) is 18.3 Å². The first-order valence-electron chi connectivity index (χ1n) is 5.41. The molecule has 0 unspecified atom stereocenters. The highest BCUT2D eigenvalue weighted by Gasteiger charge is 2.17. The van der Waals surface area contributed by atoms with Crippen LogP contribution in [0.25, 0.3) is 0 Å². The molecule has 0 aliphatic heterocycles. The van der Waals surface area contributed by atoms with Gasteiger partial charge in [-0.05, 0) is 35.3 Å². The molecule has 1 amide bonds. The summed E-state index contributed by atoms with van der Waals surface area (Å²) in [6, 6.07) is 1.66. The van der Waals surface area contributed by atoms with Crippen molar-refractivity contribution < 1.29 is 9.90 Å². The third-order valence-corrected chi connectivity index (χ3v) is 2.80. The Kier molecular flexibility index (Phi) is 5.37. The fraction of sp³-hybridized carbons (Fsp3) is 0.455. The smallest absolute Gasteiger partial charge is 0.257 e. The second-order valence-electron chi connectivity index (χ2n) is 3.55. The van der Waals surface area contributed by atoms with Crippen molar-refractivity contribution in [2.24, 2.45) is 0 Å². The molecule has 1 rings (SSSR count). The van der Waals surface area contributed by atoms with Gasteiger partial charge in [0.05, 0.1) is 5.56 Å². The summed E-state index contributed by atoms with van der Waals surface area (Å²) in [6.45, 7) is 3.04. The normalized spacial score (nSPS) is 10.3. The summed E-state index contributed by atoms with van der Waals surface area (Å²) in [4.78, 5) is 17.7. The molecule has 94 valence electrons. The number of aliphatic hydroxyl groups excluding tert-OH is 1. The summed E-state index contributed by atoms with van der Waals surface area (Å²) >= 11 is 3.26. The topological polar surface area (TPSA) is 79.5 Å². The number of nitrogens with zero attached hydrogens (tertiary/aromatic N) is 2. The summed E-state index contributed by atoms with van der Waals surface area (Å²) in [5.41, 5.74) is 6.07. The van der Waals surface area contributed by atoms with E-state index in [9.17, 15) is 4.79 Å². The van der Waals surface area contributed by atoms with Gasteiger partial charge in [-0.25, -0.2) is 4.98 Å². The van der Waals surface area contributed by atoms with Crippen LogP contribution in [0.1, 0.15) is 23.7 Å². The zero-order chi connectivity index (χ0) is 12.8. The van der Waals surface area contributed by atoms with Crippen LogP contribution in [0.5, 0.6) is 0 Å². The number of aromatic nitrogens is 1. The number of amides is 1. The summed E-state index contributed by atoms with van der Waals surface area (Å²) < 4.78 is 0.716. The lowest BCUT2D eigenvalue weighted by molar-refractivity contribution is 0.0755. The van der Waals surface area contributed by atoms with Crippen LogP contribution in [0.15, 0.2) is 16.7 Å². The molecule has 0 bridgehead atoms. The van der Waals surface area contributed by atoms with E-state index in [0.29, 0.717) is 29.5 Å². The Morgan fingerprint density at radius 2 is 2.35 bits per heavy atom. The van der Waals surface area contributed by atoms with Crippen LogP contribution in [0.4, 0.5) is 5.82 Å². The van der Waals surface area contributed by atoms with Crippen LogP contribution in [0.2, 0.25) is 0 Å². The van der Waals surface area contributed by atoms with Gasteiger partial charge in [0.2, 0.25) is 0 Å². The number of carbonyl (C=O) groups is 1. The maximum Gasteiger partial charge on any atom is 0.257 e. The number of carbonyl (C=O) groups excluding carboxylic acids is 1. The number of aliphatic hydroxyl groups is 1. The average molecular weight is 302 g/mol.